The van der Waals surface area contributed by atoms with Gasteiger partial charge in [-0.1, -0.05) is 18.2 Å². The Morgan fingerprint density at radius 3 is 1.68 bits per heavy atom. The van der Waals surface area contributed by atoms with Gasteiger partial charge in [0.15, 0.2) is 0 Å². The van der Waals surface area contributed by atoms with E-state index < -0.39 is 29.8 Å². The van der Waals surface area contributed by atoms with Crippen molar-refractivity contribution < 1.29 is 39.6 Å². The van der Waals surface area contributed by atoms with Crippen molar-refractivity contribution in [3.05, 3.63) is 82.4 Å². The molecule has 8 heteroatoms. The molecule has 4 N–H and O–H groups in total. The number of benzene rings is 2. The van der Waals surface area contributed by atoms with Crippen molar-refractivity contribution in [3.8, 4) is 0 Å². The van der Waals surface area contributed by atoms with Gasteiger partial charge in [-0.25, -0.2) is 19.2 Å². The van der Waals surface area contributed by atoms with Crippen LogP contribution in [0, 0.1) is 0 Å². The summed E-state index contributed by atoms with van der Waals surface area (Å²) in [6.45, 7) is 3.69. The van der Waals surface area contributed by atoms with Crippen LogP contribution in [0.15, 0.2) is 49.1 Å². The molecule has 28 heavy (non-hydrogen) atoms. The van der Waals surface area contributed by atoms with Crippen molar-refractivity contribution in [2.45, 2.75) is 12.3 Å². The first kappa shape index (κ1) is 20.4. The van der Waals surface area contributed by atoms with E-state index >= 15 is 0 Å². The Kier molecular flexibility index (Phi) is 5.95. The first-order valence-electron chi connectivity index (χ1n) is 7.98. The van der Waals surface area contributed by atoms with Crippen molar-refractivity contribution in [2.24, 2.45) is 0 Å². The van der Waals surface area contributed by atoms with Gasteiger partial charge in [0.25, 0.3) is 0 Å². The summed E-state index contributed by atoms with van der Waals surface area (Å²) in [4.78, 5) is 45.0. The van der Waals surface area contributed by atoms with Gasteiger partial charge < -0.3 is 20.4 Å². The molecule has 0 radical (unpaired) electrons. The topological polar surface area (TPSA) is 149 Å². The van der Waals surface area contributed by atoms with E-state index in [9.17, 15) is 29.4 Å². The van der Waals surface area contributed by atoms with Crippen LogP contribution in [-0.4, -0.2) is 44.3 Å². The van der Waals surface area contributed by atoms with Gasteiger partial charge in [0, 0.05) is 5.92 Å². The molecule has 1 unspecified atom stereocenters. The summed E-state index contributed by atoms with van der Waals surface area (Å²) in [7, 11) is 0. The maximum atomic E-state index is 11.4. The van der Waals surface area contributed by atoms with E-state index in [0.29, 0.717) is 11.1 Å². The van der Waals surface area contributed by atoms with Gasteiger partial charge in [0.2, 0.25) is 0 Å². The number of hydrogen-bond acceptors (Lipinski definition) is 4. The fraction of sp³-hybridized carbons (Fsp3) is 0.100. The second kappa shape index (κ2) is 8.17. The first-order chi connectivity index (χ1) is 13.1. The molecule has 0 bridgehead atoms. The van der Waals surface area contributed by atoms with E-state index in [1.165, 1.54) is 42.5 Å². The van der Waals surface area contributed by atoms with Gasteiger partial charge in [-0.2, -0.15) is 0 Å². The van der Waals surface area contributed by atoms with Crippen LogP contribution in [0.4, 0.5) is 0 Å². The molecule has 1 atom stereocenters. The largest absolute Gasteiger partial charge is 0.478 e. The summed E-state index contributed by atoms with van der Waals surface area (Å²) in [6.07, 6.45) is 1.74. The lowest BCUT2D eigenvalue weighted by atomic mass is 9.88. The smallest absolute Gasteiger partial charge is 0.336 e. The molecule has 0 amide bonds. The van der Waals surface area contributed by atoms with E-state index in [0.717, 1.165) is 0 Å². The lowest BCUT2D eigenvalue weighted by Gasteiger charge is -2.15. The Bertz CT molecular complexity index is 990. The molecule has 0 aliphatic heterocycles. The monoisotopic (exact) mass is 384 g/mol. The molecule has 0 spiro atoms. The van der Waals surface area contributed by atoms with Crippen LogP contribution in [0.2, 0.25) is 0 Å². The molecule has 0 fully saturated rings. The fourth-order valence-corrected chi connectivity index (χ4v) is 2.83. The summed E-state index contributed by atoms with van der Waals surface area (Å²) in [5.41, 5.74) is -0.434. The lowest BCUT2D eigenvalue weighted by molar-refractivity contribution is 0.0651. The molecule has 0 aliphatic carbocycles. The molecule has 0 heterocycles. The van der Waals surface area contributed by atoms with E-state index in [1.54, 1.807) is 0 Å². The number of hydrogen-bond donors (Lipinski definition) is 4. The van der Waals surface area contributed by atoms with Gasteiger partial charge >= 0.3 is 23.9 Å². The average Bonchev–Trinajstić information content (AvgIpc) is 2.65. The minimum absolute atomic E-state index is 0.217. The highest BCUT2D eigenvalue weighted by atomic mass is 16.4. The van der Waals surface area contributed by atoms with Crippen molar-refractivity contribution >= 4 is 23.9 Å². The Labute approximate surface area is 159 Å². The molecule has 8 nitrogen and oxygen atoms in total. The van der Waals surface area contributed by atoms with Crippen molar-refractivity contribution in [1.29, 1.82) is 0 Å². The molecule has 0 saturated carbocycles. The molecule has 0 saturated heterocycles. The predicted octanol–water partition coefficient (Wildman–Crippen LogP) is 2.99. The zero-order valence-corrected chi connectivity index (χ0v) is 14.5. The second-order valence-corrected chi connectivity index (χ2v) is 5.95. The number of carbonyl (C=O) groups is 4. The van der Waals surface area contributed by atoms with E-state index in [-0.39, 0.29) is 28.7 Å². The highest BCUT2D eigenvalue weighted by molar-refractivity contribution is 6.02. The molecular formula is C20H16O8. The molecule has 0 aliphatic rings. The third kappa shape index (κ3) is 4.24. The van der Waals surface area contributed by atoms with E-state index in [2.05, 4.69) is 6.58 Å². The molecule has 2 aromatic carbocycles. The summed E-state index contributed by atoms with van der Waals surface area (Å²) in [5, 5.41) is 36.7. The van der Waals surface area contributed by atoms with Crippen LogP contribution in [0.25, 0.3) is 0 Å². The Hall–Kier alpha value is -3.94. The zero-order chi connectivity index (χ0) is 21.0. The van der Waals surface area contributed by atoms with Crippen LogP contribution in [0.1, 0.15) is 58.5 Å². The van der Waals surface area contributed by atoms with E-state index in [1.807, 2.05) is 0 Å². The Balaban J connectivity index is 2.44. The fourth-order valence-electron chi connectivity index (χ4n) is 2.83. The van der Waals surface area contributed by atoms with Crippen molar-refractivity contribution in [3.63, 3.8) is 0 Å². The summed E-state index contributed by atoms with van der Waals surface area (Å²) in [6, 6.07) is 7.79. The molecule has 2 aromatic rings. The quantitative estimate of drug-likeness (QED) is 0.507. The van der Waals surface area contributed by atoms with Crippen LogP contribution in [-0.2, 0) is 6.42 Å². The summed E-state index contributed by atoms with van der Waals surface area (Å²) >= 11 is 0. The van der Waals surface area contributed by atoms with Crippen LogP contribution < -0.4 is 0 Å². The van der Waals surface area contributed by atoms with Crippen molar-refractivity contribution in [1.82, 2.24) is 0 Å². The maximum absolute atomic E-state index is 11.4. The summed E-state index contributed by atoms with van der Waals surface area (Å²) in [5.74, 6) is -5.94. The van der Waals surface area contributed by atoms with Crippen LogP contribution in [0.5, 0.6) is 0 Å². The minimum atomic E-state index is -1.39. The maximum Gasteiger partial charge on any atom is 0.336 e. The second-order valence-electron chi connectivity index (χ2n) is 5.95. The van der Waals surface area contributed by atoms with Gasteiger partial charge in [-0.3, -0.25) is 0 Å². The molecule has 2 rings (SSSR count). The number of carboxylic acids is 4. The molecular weight excluding hydrogens is 368 g/mol. The normalized spacial score (nSPS) is 11.4. The predicted molar refractivity (Wildman–Crippen MR) is 97.4 cm³/mol. The van der Waals surface area contributed by atoms with Gasteiger partial charge in [0.1, 0.15) is 0 Å². The van der Waals surface area contributed by atoms with Gasteiger partial charge in [0.05, 0.1) is 22.3 Å². The standard InChI is InChI=1S/C20H16O8/c1-2-11(12-4-6-14(18(23)24)16(9-12)20(27)28)7-10-3-5-13(17(21)22)15(8-10)19(25)26/h2-6,8-9,11H,1,7H2,(H,21,22)(H,23,24)(H,25,26)(H,27,28). The Morgan fingerprint density at radius 1 is 0.750 bits per heavy atom. The van der Waals surface area contributed by atoms with Crippen LogP contribution in [0.3, 0.4) is 0 Å². The van der Waals surface area contributed by atoms with Gasteiger partial charge in [-0.15, -0.1) is 6.58 Å². The van der Waals surface area contributed by atoms with Crippen LogP contribution >= 0.6 is 0 Å². The minimum Gasteiger partial charge on any atom is -0.478 e. The number of aromatic carboxylic acids is 4. The number of rotatable bonds is 8. The first-order valence-corrected chi connectivity index (χ1v) is 7.98. The zero-order valence-electron chi connectivity index (χ0n) is 14.5. The van der Waals surface area contributed by atoms with Gasteiger partial charge in [-0.05, 0) is 41.8 Å². The lowest BCUT2D eigenvalue weighted by Crippen LogP contribution is -2.11. The number of carboxylic acid groups (broad SMARTS) is 4. The van der Waals surface area contributed by atoms with E-state index in [4.69, 9.17) is 10.2 Å². The Morgan fingerprint density at radius 2 is 1.21 bits per heavy atom. The van der Waals surface area contributed by atoms with Crippen molar-refractivity contribution in [2.75, 3.05) is 0 Å². The SMILES string of the molecule is C=CC(Cc1ccc(C(=O)O)c(C(=O)O)c1)c1ccc(C(=O)O)c(C(=O)O)c1. The highest BCUT2D eigenvalue weighted by Crippen LogP contribution is 2.26. The molecule has 0 aromatic heterocycles. The summed E-state index contributed by atoms with van der Waals surface area (Å²) < 4.78 is 0. The third-order valence-corrected chi connectivity index (χ3v) is 4.22. The highest BCUT2D eigenvalue weighted by Gasteiger charge is 2.20. The molecule has 144 valence electrons. The third-order valence-electron chi connectivity index (χ3n) is 4.22. The number of allylic oxidation sites excluding steroid dienone is 1. The average molecular weight is 384 g/mol.